The van der Waals surface area contributed by atoms with Crippen molar-refractivity contribution in [1.82, 2.24) is 14.8 Å². The number of nitrogens with zero attached hydrogens (tertiary/aromatic N) is 2. The van der Waals surface area contributed by atoms with Gasteiger partial charge in [-0.3, -0.25) is 9.69 Å². The molecule has 4 nitrogen and oxygen atoms in total. The fourth-order valence-corrected chi connectivity index (χ4v) is 7.36. The lowest BCUT2D eigenvalue weighted by molar-refractivity contribution is -0.0142. The van der Waals surface area contributed by atoms with Crippen molar-refractivity contribution in [3.63, 3.8) is 0 Å². The van der Waals surface area contributed by atoms with Crippen molar-refractivity contribution >= 4 is 16.8 Å². The number of nitrogens with one attached hydrogen (secondary N) is 1. The van der Waals surface area contributed by atoms with E-state index in [-0.39, 0.29) is 22.7 Å². The lowest BCUT2D eigenvalue weighted by Crippen LogP contribution is -2.58. The summed E-state index contributed by atoms with van der Waals surface area (Å²) in [6, 6.07) is 23.8. The molecule has 1 spiro atoms. The number of carbonyl (C=O) groups excluding carboxylic acids is 1. The number of aromatic nitrogens is 1. The number of benzene rings is 3. The zero-order valence-corrected chi connectivity index (χ0v) is 24.4. The molecule has 3 aromatic carbocycles. The highest BCUT2D eigenvalue weighted by Crippen LogP contribution is 2.54. The molecule has 5 heteroatoms. The molecule has 1 aliphatic carbocycles. The van der Waals surface area contributed by atoms with Crippen molar-refractivity contribution in [2.45, 2.75) is 69.4 Å². The molecule has 208 valence electrons. The van der Waals surface area contributed by atoms with Gasteiger partial charge in [0.1, 0.15) is 5.82 Å². The molecule has 0 unspecified atom stereocenters. The van der Waals surface area contributed by atoms with Gasteiger partial charge in [0.2, 0.25) is 0 Å². The minimum atomic E-state index is -0.445. The molecule has 6 rings (SSSR count). The Kier molecular flexibility index (Phi) is 6.42. The van der Waals surface area contributed by atoms with Crippen LogP contribution < -0.4 is 0 Å². The Hall–Kier alpha value is -3.44. The first-order valence-electron chi connectivity index (χ1n) is 14.5. The van der Waals surface area contributed by atoms with Gasteiger partial charge < -0.3 is 9.88 Å². The summed E-state index contributed by atoms with van der Waals surface area (Å²) in [4.78, 5) is 22.5. The van der Waals surface area contributed by atoms with Crippen molar-refractivity contribution in [3.8, 4) is 0 Å². The Bertz CT molecular complexity index is 1550. The molecule has 1 saturated carbocycles. The van der Waals surface area contributed by atoms with Crippen LogP contribution in [0.5, 0.6) is 0 Å². The Balaban J connectivity index is 1.43. The third kappa shape index (κ3) is 4.17. The number of amides is 1. The normalized spacial score (nSPS) is 23.1. The van der Waals surface area contributed by atoms with Gasteiger partial charge in [-0.15, -0.1) is 0 Å². The molecule has 40 heavy (non-hydrogen) atoms. The van der Waals surface area contributed by atoms with Crippen molar-refractivity contribution in [2.75, 3.05) is 20.6 Å². The molecular weight excluding hydrogens is 497 g/mol. The molecule has 1 fully saturated rings. The molecule has 0 atom stereocenters. The van der Waals surface area contributed by atoms with Crippen molar-refractivity contribution in [3.05, 3.63) is 107 Å². The van der Waals surface area contributed by atoms with Crippen LogP contribution in [0.3, 0.4) is 0 Å². The van der Waals surface area contributed by atoms with Gasteiger partial charge in [-0.2, -0.15) is 0 Å². The monoisotopic (exact) mass is 537 g/mol. The second-order valence-corrected chi connectivity index (χ2v) is 13.0. The quantitative estimate of drug-likeness (QED) is 0.293. The minimum absolute atomic E-state index is 0.0307. The summed E-state index contributed by atoms with van der Waals surface area (Å²) in [5.41, 5.74) is 5.92. The molecule has 0 radical (unpaired) electrons. The summed E-state index contributed by atoms with van der Waals surface area (Å²) in [5.74, 6) is -0.113. The van der Waals surface area contributed by atoms with Crippen LogP contribution in [-0.2, 0) is 22.9 Å². The third-order valence-corrected chi connectivity index (χ3v) is 9.75. The summed E-state index contributed by atoms with van der Waals surface area (Å²) in [5, 5.41) is 1.26. The Morgan fingerprint density at radius 2 is 1.62 bits per heavy atom. The summed E-state index contributed by atoms with van der Waals surface area (Å²) >= 11 is 0. The van der Waals surface area contributed by atoms with Crippen LogP contribution in [0, 0.1) is 5.82 Å². The van der Waals surface area contributed by atoms with Gasteiger partial charge in [0.25, 0.3) is 5.91 Å². The van der Waals surface area contributed by atoms with E-state index in [1.807, 2.05) is 18.2 Å². The van der Waals surface area contributed by atoms with E-state index in [4.69, 9.17) is 0 Å². The number of para-hydroxylation sites is 1. The average molecular weight is 538 g/mol. The van der Waals surface area contributed by atoms with E-state index in [2.05, 4.69) is 92.1 Å². The van der Waals surface area contributed by atoms with Crippen LogP contribution >= 0.6 is 0 Å². The molecule has 4 aromatic rings. The van der Waals surface area contributed by atoms with E-state index in [0.29, 0.717) is 6.54 Å². The average Bonchev–Trinajstić information content (AvgIpc) is 3.33. The predicted octanol–water partition coefficient (Wildman–Crippen LogP) is 7.53. The van der Waals surface area contributed by atoms with Gasteiger partial charge in [-0.1, -0.05) is 63.2 Å². The molecule has 0 saturated heterocycles. The first kappa shape index (κ1) is 26.8. The number of hydrogen-bond acceptors (Lipinski definition) is 2. The molecular formula is C35H40FN3O. The number of H-pyrrole nitrogens is 1. The van der Waals surface area contributed by atoms with Crippen LogP contribution in [0.1, 0.15) is 79.2 Å². The molecule has 1 amide bonds. The van der Waals surface area contributed by atoms with E-state index in [0.717, 1.165) is 48.7 Å². The Labute approximate surface area is 237 Å². The lowest BCUT2D eigenvalue weighted by Gasteiger charge is -2.55. The maximum atomic E-state index is 14.4. The summed E-state index contributed by atoms with van der Waals surface area (Å²) in [7, 11) is 4.19. The second-order valence-electron chi connectivity index (χ2n) is 13.0. The maximum absolute atomic E-state index is 14.4. The van der Waals surface area contributed by atoms with Gasteiger partial charge in [-0.05, 0) is 98.6 Å². The van der Waals surface area contributed by atoms with Gasteiger partial charge in [0, 0.05) is 34.2 Å². The number of rotatable bonds is 3. The Morgan fingerprint density at radius 3 is 2.27 bits per heavy atom. The first-order chi connectivity index (χ1) is 19.0. The smallest absolute Gasteiger partial charge is 0.254 e. The summed E-state index contributed by atoms with van der Waals surface area (Å²) in [6.07, 6.45) is 4.08. The molecule has 1 aliphatic heterocycles. The highest BCUT2D eigenvalue weighted by Gasteiger charge is 2.53. The van der Waals surface area contributed by atoms with Gasteiger partial charge in [0.05, 0.1) is 5.54 Å². The van der Waals surface area contributed by atoms with Crippen LogP contribution in [0.2, 0.25) is 0 Å². The SMILES string of the molecule is CN(C)C1(c2cccc(F)c2)CCC2(CC1)c1[nH]c3ccccc3c1CCN2C(=O)c1ccc(C(C)(C)C)cc1. The Morgan fingerprint density at radius 1 is 0.925 bits per heavy atom. The van der Waals surface area contributed by atoms with E-state index in [9.17, 15) is 9.18 Å². The highest BCUT2D eigenvalue weighted by molar-refractivity contribution is 5.96. The number of carbonyl (C=O) groups is 1. The molecule has 1 aromatic heterocycles. The molecule has 2 aliphatic rings. The maximum Gasteiger partial charge on any atom is 0.254 e. The highest BCUT2D eigenvalue weighted by atomic mass is 19.1. The topological polar surface area (TPSA) is 39.3 Å². The zero-order valence-electron chi connectivity index (χ0n) is 24.4. The van der Waals surface area contributed by atoms with E-state index < -0.39 is 5.54 Å². The number of hydrogen-bond donors (Lipinski definition) is 1. The number of fused-ring (bicyclic) bond motifs is 4. The summed E-state index contributed by atoms with van der Waals surface area (Å²) in [6.45, 7) is 7.26. The predicted molar refractivity (Wildman–Crippen MR) is 160 cm³/mol. The fraction of sp³-hybridized carbons (Fsp3) is 0.400. The van der Waals surface area contributed by atoms with Crippen LogP contribution in [0.4, 0.5) is 4.39 Å². The van der Waals surface area contributed by atoms with Gasteiger partial charge in [-0.25, -0.2) is 4.39 Å². The van der Waals surface area contributed by atoms with Crippen molar-refractivity contribution in [2.24, 2.45) is 0 Å². The lowest BCUT2D eigenvalue weighted by atomic mass is 9.65. The van der Waals surface area contributed by atoms with Gasteiger partial charge in [0.15, 0.2) is 0 Å². The number of aromatic amines is 1. The van der Waals surface area contributed by atoms with E-state index in [1.165, 1.54) is 28.3 Å². The largest absolute Gasteiger partial charge is 0.356 e. The van der Waals surface area contributed by atoms with Crippen molar-refractivity contribution in [1.29, 1.82) is 0 Å². The third-order valence-electron chi connectivity index (χ3n) is 9.75. The standard InChI is InChI=1S/C35H40FN3O/c1-33(2,3)25-15-13-24(14-16-25)32(40)39-22-17-29-28-11-6-7-12-30(28)37-31(29)35(39)20-18-34(19-21-35,38(4)5)26-9-8-10-27(36)23-26/h6-16,23,37H,17-22H2,1-5H3. The fourth-order valence-electron chi connectivity index (χ4n) is 7.36. The van der Waals surface area contributed by atoms with Gasteiger partial charge >= 0.3 is 0 Å². The van der Waals surface area contributed by atoms with Crippen LogP contribution in [0.15, 0.2) is 72.8 Å². The van der Waals surface area contributed by atoms with Crippen molar-refractivity contribution < 1.29 is 9.18 Å². The van der Waals surface area contributed by atoms with Crippen LogP contribution in [0.25, 0.3) is 10.9 Å². The molecule has 2 heterocycles. The van der Waals surface area contributed by atoms with Crippen LogP contribution in [-0.4, -0.2) is 41.3 Å². The minimum Gasteiger partial charge on any atom is -0.356 e. The van der Waals surface area contributed by atoms with E-state index in [1.54, 1.807) is 6.07 Å². The molecule has 1 N–H and O–H groups in total. The number of halogens is 1. The zero-order chi connectivity index (χ0) is 28.3. The summed E-state index contributed by atoms with van der Waals surface area (Å²) < 4.78 is 14.4. The molecule has 0 bridgehead atoms. The first-order valence-corrected chi connectivity index (χ1v) is 14.5. The van der Waals surface area contributed by atoms with E-state index >= 15 is 0 Å². The second kappa shape index (κ2) is 9.59.